The average molecular weight is 1230 g/mol. The second-order valence-electron chi connectivity index (χ2n) is 28.7. The van der Waals surface area contributed by atoms with Crippen LogP contribution < -0.4 is 19.6 Å². The molecule has 8 aromatic carbocycles. The van der Waals surface area contributed by atoms with E-state index in [0.717, 1.165) is 45.5 Å². The van der Waals surface area contributed by atoms with Crippen LogP contribution in [0.2, 0.25) is 0 Å². The Bertz CT molecular complexity index is 3900. The number of nitrogens with zero attached hydrogens (tertiary/aromatic N) is 4. The van der Waals surface area contributed by atoms with Crippen molar-refractivity contribution < 1.29 is 0 Å². The van der Waals surface area contributed by atoms with E-state index in [4.69, 9.17) is 0 Å². The number of thiophene rings is 4. The molecule has 0 radical (unpaired) electrons. The van der Waals surface area contributed by atoms with Crippen molar-refractivity contribution in [3.8, 4) is 0 Å². The number of aryl methyl sites for hydroxylation is 8. The van der Waals surface area contributed by atoms with Crippen molar-refractivity contribution in [2.24, 2.45) is 0 Å². The van der Waals surface area contributed by atoms with Gasteiger partial charge in [0.25, 0.3) is 0 Å². The predicted molar refractivity (Wildman–Crippen MR) is 393 cm³/mol. The Labute approximate surface area is 540 Å². The molecule has 0 aliphatic carbocycles. The van der Waals surface area contributed by atoms with E-state index in [-0.39, 0.29) is 21.7 Å². The van der Waals surface area contributed by atoms with E-state index in [1.54, 1.807) is 0 Å². The van der Waals surface area contributed by atoms with Crippen LogP contribution in [0.4, 0.5) is 68.2 Å². The van der Waals surface area contributed by atoms with E-state index in [1.165, 1.54) is 119 Å². The summed E-state index contributed by atoms with van der Waals surface area (Å²) in [7, 11) is 0. The lowest BCUT2D eigenvalue weighted by atomic mass is 9.86. The summed E-state index contributed by atoms with van der Waals surface area (Å²) in [5.41, 5.74) is 24.1. The second-order valence-corrected chi connectivity index (χ2v) is 33.1. The van der Waals surface area contributed by atoms with Crippen LogP contribution in [0.5, 0.6) is 0 Å². The third-order valence-electron chi connectivity index (χ3n) is 18.1. The highest BCUT2D eigenvalue weighted by Crippen LogP contribution is 2.58. The topological polar surface area (TPSA) is 13.0 Å². The van der Waals surface area contributed by atoms with Gasteiger partial charge in [-0.05, 0) is 204 Å². The van der Waals surface area contributed by atoms with Crippen LogP contribution in [0.15, 0.2) is 155 Å². The standard InChI is InChI=1S/C80H86N4S4/c1-47-43-85-51(5)73(47)81(59-29-21-55(22-30-59)77(9,10)11)67-41-68(82(74-48(2)44-86-52(74)6)60-31-23-56(24-32-60)78(12,13)14)64-39-40-66-70(84(76-50(4)46-88-54(76)8)62-35-27-58(28-36-62)80(18,19)20)42-69(65-38-37-63(67)71(64)72(65)66)83(75-49(3)45-87-53(75)7)61-33-25-57(26-34-61)79(15,16)17/h21-46H,1-20H3. The van der Waals surface area contributed by atoms with Crippen LogP contribution in [-0.2, 0) is 21.7 Å². The fraction of sp³-hybridized carbons (Fsp3) is 0.300. The van der Waals surface area contributed by atoms with Crippen molar-refractivity contribution in [2.45, 2.75) is 160 Å². The molecular weight excluding hydrogens is 1150 g/mol. The largest absolute Gasteiger partial charge is 0.308 e. The van der Waals surface area contributed by atoms with Crippen molar-refractivity contribution in [2.75, 3.05) is 19.6 Å². The van der Waals surface area contributed by atoms with Gasteiger partial charge in [0.15, 0.2) is 0 Å². The van der Waals surface area contributed by atoms with Gasteiger partial charge in [0.05, 0.1) is 45.5 Å². The number of anilines is 12. The summed E-state index contributed by atoms with van der Waals surface area (Å²) < 4.78 is 0. The quantitative estimate of drug-likeness (QED) is 0.113. The summed E-state index contributed by atoms with van der Waals surface area (Å²) in [5, 5.41) is 16.6. The van der Waals surface area contributed by atoms with Gasteiger partial charge in [-0.2, -0.15) is 0 Å². The van der Waals surface area contributed by atoms with Crippen LogP contribution in [0, 0.1) is 55.4 Å². The van der Waals surface area contributed by atoms with Gasteiger partial charge in [0.1, 0.15) is 0 Å². The van der Waals surface area contributed by atoms with Crippen molar-refractivity contribution in [1.82, 2.24) is 0 Å². The van der Waals surface area contributed by atoms with Gasteiger partial charge in [-0.15, -0.1) is 45.3 Å². The first-order valence-electron chi connectivity index (χ1n) is 31.1. The molecule has 0 amide bonds. The lowest BCUT2D eigenvalue weighted by Crippen LogP contribution is -2.18. The maximum Gasteiger partial charge on any atom is 0.0627 e. The molecular formula is C80H86N4S4. The highest BCUT2D eigenvalue weighted by Gasteiger charge is 2.33. The van der Waals surface area contributed by atoms with Gasteiger partial charge >= 0.3 is 0 Å². The van der Waals surface area contributed by atoms with Gasteiger partial charge in [0, 0.05) is 74.6 Å². The Morgan fingerprint density at radius 2 is 0.432 bits per heavy atom. The molecule has 0 saturated carbocycles. The molecule has 0 saturated heterocycles. The SMILES string of the molecule is Cc1csc(C)c1N(c1ccc(C(C)(C)C)cc1)c1cc(N(c2ccc(C(C)(C)C)cc2)c2c(C)csc2C)c2ccc3c(N(c4ccc(C(C)(C)C)cc4)c4c(C)csc4C)cc(N(c4ccc(C(C)(C)C)cc4)c4c(C)csc4C)c4ccc1c2c43. The minimum atomic E-state index is -0.0162. The van der Waals surface area contributed by atoms with Crippen LogP contribution in [-0.4, -0.2) is 0 Å². The Balaban J connectivity index is 1.31. The zero-order valence-electron chi connectivity index (χ0n) is 55.4. The fourth-order valence-electron chi connectivity index (χ4n) is 13.3. The molecule has 0 N–H and O–H groups in total. The Morgan fingerprint density at radius 3 is 0.580 bits per heavy atom. The van der Waals surface area contributed by atoms with E-state index in [2.05, 4.69) is 313 Å². The molecule has 4 nitrogen and oxygen atoms in total. The first kappa shape index (κ1) is 61.1. The van der Waals surface area contributed by atoms with Crippen molar-refractivity contribution in [3.05, 3.63) is 219 Å². The van der Waals surface area contributed by atoms with Gasteiger partial charge in [-0.3, -0.25) is 0 Å². The van der Waals surface area contributed by atoms with Crippen molar-refractivity contribution >= 4 is 146 Å². The summed E-state index contributed by atoms with van der Waals surface area (Å²) in [4.78, 5) is 15.5. The molecule has 0 atom stereocenters. The molecule has 0 spiro atoms. The molecule has 8 heteroatoms. The third kappa shape index (κ3) is 10.7. The van der Waals surface area contributed by atoms with Crippen molar-refractivity contribution in [3.63, 3.8) is 0 Å². The first-order valence-corrected chi connectivity index (χ1v) is 34.6. The molecule has 88 heavy (non-hydrogen) atoms. The monoisotopic (exact) mass is 1230 g/mol. The highest BCUT2D eigenvalue weighted by molar-refractivity contribution is 7.11. The van der Waals surface area contributed by atoms with Crippen LogP contribution >= 0.6 is 45.3 Å². The van der Waals surface area contributed by atoms with E-state index in [0.29, 0.717) is 0 Å². The number of benzene rings is 8. The summed E-state index contributed by atoms with van der Waals surface area (Å²) in [6, 6.07) is 52.7. The number of hydrogen-bond acceptors (Lipinski definition) is 8. The third-order valence-corrected chi connectivity index (χ3v) is 22.2. The van der Waals surface area contributed by atoms with Crippen LogP contribution in [0.1, 0.15) is 147 Å². The second kappa shape index (κ2) is 22.4. The molecule has 12 aromatic rings. The Kier molecular flexibility index (Phi) is 15.5. The molecule has 4 heterocycles. The summed E-state index contributed by atoms with van der Waals surface area (Å²) in [6.07, 6.45) is 0. The van der Waals surface area contributed by atoms with E-state index in [1.807, 2.05) is 45.3 Å². The summed E-state index contributed by atoms with van der Waals surface area (Å²) >= 11 is 7.34. The predicted octanol–water partition coefficient (Wildman–Crippen LogP) is 26.4. The molecule has 0 aliphatic heterocycles. The van der Waals surface area contributed by atoms with Crippen LogP contribution in [0.25, 0.3) is 32.3 Å². The minimum absolute atomic E-state index is 0.0162. The average Bonchev–Trinajstić information content (AvgIpc) is 0.831. The summed E-state index contributed by atoms with van der Waals surface area (Å²) in [5.74, 6) is 0. The fourth-order valence-corrected chi connectivity index (χ4v) is 16.6. The normalized spacial score (nSPS) is 12.5. The zero-order valence-corrected chi connectivity index (χ0v) is 58.7. The zero-order chi connectivity index (χ0) is 62.8. The maximum absolute atomic E-state index is 2.60. The van der Waals surface area contributed by atoms with E-state index >= 15 is 0 Å². The molecule has 0 aliphatic rings. The molecule has 12 rings (SSSR count). The number of hydrogen-bond donors (Lipinski definition) is 0. The summed E-state index contributed by atoms with van der Waals surface area (Å²) in [6.45, 7) is 46.1. The van der Waals surface area contributed by atoms with Gasteiger partial charge in [0.2, 0.25) is 0 Å². The Morgan fingerprint density at radius 1 is 0.250 bits per heavy atom. The Hall–Kier alpha value is -7.20. The van der Waals surface area contributed by atoms with Gasteiger partial charge in [-0.1, -0.05) is 156 Å². The molecule has 0 bridgehead atoms. The number of rotatable bonds is 12. The smallest absolute Gasteiger partial charge is 0.0627 e. The highest BCUT2D eigenvalue weighted by atomic mass is 32.1. The van der Waals surface area contributed by atoms with Crippen LogP contribution in [0.3, 0.4) is 0 Å². The lowest BCUT2D eigenvalue weighted by molar-refractivity contribution is 0.590. The molecule has 450 valence electrons. The van der Waals surface area contributed by atoms with E-state index < -0.39 is 0 Å². The lowest BCUT2D eigenvalue weighted by Gasteiger charge is -2.35. The van der Waals surface area contributed by atoms with Gasteiger partial charge in [-0.25, -0.2) is 0 Å². The molecule has 0 unspecified atom stereocenters. The van der Waals surface area contributed by atoms with Gasteiger partial charge < -0.3 is 19.6 Å². The van der Waals surface area contributed by atoms with E-state index in [9.17, 15) is 0 Å². The minimum Gasteiger partial charge on any atom is -0.308 e. The van der Waals surface area contributed by atoms with Crippen molar-refractivity contribution in [1.29, 1.82) is 0 Å². The first-order chi connectivity index (χ1) is 41.5. The molecule has 4 aromatic heterocycles. The maximum atomic E-state index is 2.60. The molecule has 0 fully saturated rings.